The highest BCUT2D eigenvalue weighted by Crippen LogP contribution is 2.29. The summed E-state index contributed by atoms with van der Waals surface area (Å²) in [7, 11) is 0. The van der Waals surface area contributed by atoms with Gasteiger partial charge in [-0.2, -0.15) is 0 Å². The van der Waals surface area contributed by atoms with Crippen molar-refractivity contribution >= 4 is 17.5 Å². The molecule has 39 heavy (non-hydrogen) atoms. The second kappa shape index (κ2) is 13.1. The molecule has 2 fully saturated rings. The molecule has 3 aliphatic heterocycles. The van der Waals surface area contributed by atoms with Gasteiger partial charge in [-0.05, 0) is 54.2 Å². The molecule has 2 atom stereocenters. The molecule has 8 nitrogen and oxygen atoms in total. The van der Waals surface area contributed by atoms with Crippen LogP contribution in [0.1, 0.15) is 24.0 Å². The van der Waals surface area contributed by atoms with E-state index in [-0.39, 0.29) is 36.0 Å². The first-order valence-corrected chi connectivity index (χ1v) is 13.9. The number of fused-ring (bicyclic) bond motifs is 3. The summed E-state index contributed by atoms with van der Waals surface area (Å²) in [6, 6.07) is 12.6. The highest BCUT2D eigenvalue weighted by molar-refractivity contribution is 5.79. The Morgan fingerprint density at radius 3 is 2.77 bits per heavy atom. The van der Waals surface area contributed by atoms with Crippen molar-refractivity contribution in [1.29, 1.82) is 0 Å². The summed E-state index contributed by atoms with van der Waals surface area (Å²) in [5.74, 6) is 0.683. The first kappa shape index (κ1) is 27.1. The predicted molar refractivity (Wildman–Crippen MR) is 149 cm³/mol. The third kappa shape index (κ3) is 7.36. The van der Waals surface area contributed by atoms with Crippen LogP contribution in [0.3, 0.4) is 0 Å². The number of ether oxygens (including phenoxy) is 1. The standard InChI is InChI=1S/C30H38FN5O3/c31-26-5-1-3-22(15-26)18-34-29(37)17-23-8-11-36-21-24(23)4-2-14-39-28-7-6-27(35-12-9-32-10-13-35)16-25(28)19-33-20-30(36)38/h1-7,15-16,23-24,32-33H,8-14,17-21H2,(H,34,37)/b4-2-/t23-,24-/m0/s1. The fraction of sp³-hybridized carbons (Fsp3) is 0.467. The Bertz CT molecular complexity index is 1180. The summed E-state index contributed by atoms with van der Waals surface area (Å²) in [5, 5.41) is 9.64. The number of piperidine rings is 1. The fourth-order valence-electron chi connectivity index (χ4n) is 5.64. The van der Waals surface area contributed by atoms with E-state index in [9.17, 15) is 14.0 Å². The second-order valence-corrected chi connectivity index (χ2v) is 10.5. The highest BCUT2D eigenvalue weighted by atomic mass is 19.1. The van der Waals surface area contributed by atoms with E-state index in [0.717, 1.165) is 49.5 Å². The lowest BCUT2D eigenvalue weighted by molar-refractivity contribution is -0.132. The molecule has 2 saturated heterocycles. The quantitative estimate of drug-likeness (QED) is 0.510. The van der Waals surface area contributed by atoms with Crippen LogP contribution < -0.4 is 25.6 Å². The van der Waals surface area contributed by atoms with Gasteiger partial charge in [0.1, 0.15) is 18.2 Å². The summed E-state index contributed by atoms with van der Waals surface area (Å²) < 4.78 is 19.6. The molecule has 0 aromatic heterocycles. The molecule has 3 aliphatic rings. The maximum absolute atomic E-state index is 13.5. The summed E-state index contributed by atoms with van der Waals surface area (Å²) in [4.78, 5) is 30.1. The molecule has 2 amide bonds. The van der Waals surface area contributed by atoms with Crippen LogP contribution in [0.15, 0.2) is 54.6 Å². The zero-order valence-corrected chi connectivity index (χ0v) is 22.3. The second-order valence-electron chi connectivity index (χ2n) is 10.5. The van der Waals surface area contributed by atoms with Gasteiger partial charge in [-0.3, -0.25) is 9.59 Å². The van der Waals surface area contributed by atoms with Gasteiger partial charge >= 0.3 is 0 Å². The van der Waals surface area contributed by atoms with Gasteiger partial charge in [0, 0.05) is 70.0 Å². The number of carbonyl (C=O) groups excluding carboxylic acids is 2. The minimum atomic E-state index is -0.313. The molecule has 0 radical (unpaired) electrons. The zero-order chi connectivity index (χ0) is 27.0. The average Bonchev–Trinajstić information content (AvgIpc) is 2.96. The molecule has 0 aliphatic carbocycles. The van der Waals surface area contributed by atoms with E-state index in [2.05, 4.69) is 39.1 Å². The zero-order valence-electron chi connectivity index (χ0n) is 22.3. The van der Waals surface area contributed by atoms with Crippen molar-refractivity contribution in [2.75, 3.05) is 57.3 Å². The number of benzene rings is 2. The molecule has 5 rings (SSSR count). The third-order valence-corrected chi connectivity index (χ3v) is 7.82. The molecule has 208 valence electrons. The molecule has 0 unspecified atom stereocenters. The van der Waals surface area contributed by atoms with E-state index >= 15 is 0 Å². The van der Waals surface area contributed by atoms with Gasteiger partial charge in [0.05, 0.1) is 6.54 Å². The molecule has 9 heteroatoms. The maximum atomic E-state index is 13.5. The topological polar surface area (TPSA) is 85.9 Å². The molecule has 3 N–H and O–H groups in total. The third-order valence-electron chi connectivity index (χ3n) is 7.82. The highest BCUT2D eigenvalue weighted by Gasteiger charge is 2.31. The van der Waals surface area contributed by atoms with Crippen LogP contribution in [-0.2, 0) is 22.7 Å². The first-order chi connectivity index (χ1) is 19.0. The summed E-state index contributed by atoms with van der Waals surface area (Å²) in [5.41, 5.74) is 2.94. The van der Waals surface area contributed by atoms with Crippen LogP contribution in [0, 0.1) is 17.7 Å². The molecule has 2 aromatic carbocycles. The number of halogens is 1. The molecule has 2 bridgehead atoms. The maximum Gasteiger partial charge on any atom is 0.236 e. The van der Waals surface area contributed by atoms with E-state index in [1.807, 2.05) is 17.0 Å². The minimum Gasteiger partial charge on any atom is -0.489 e. The van der Waals surface area contributed by atoms with Gasteiger partial charge in [-0.25, -0.2) is 4.39 Å². The summed E-state index contributed by atoms with van der Waals surface area (Å²) in [6.45, 7) is 6.61. The molecular weight excluding hydrogens is 497 g/mol. The number of hydrogen-bond donors (Lipinski definition) is 3. The first-order valence-electron chi connectivity index (χ1n) is 13.9. The van der Waals surface area contributed by atoms with Crippen molar-refractivity contribution < 1.29 is 18.7 Å². The summed E-state index contributed by atoms with van der Waals surface area (Å²) >= 11 is 0. The largest absolute Gasteiger partial charge is 0.489 e. The average molecular weight is 536 g/mol. The number of carbonyl (C=O) groups is 2. The molecule has 3 heterocycles. The van der Waals surface area contributed by atoms with Crippen molar-refractivity contribution in [2.24, 2.45) is 11.8 Å². The predicted octanol–water partition coefficient (Wildman–Crippen LogP) is 2.44. The summed E-state index contributed by atoms with van der Waals surface area (Å²) in [6.07, 6.45) is 5.23. The SMILES string of the molecule is O=C(C[C@@H]1CCN2C[C@@H]1/C=C\COc1ccc(N3CCNCC3)cc1CNCC2=O)NCc1cccc(F)c1. The van der Waals surface area contributed by atoms with Crippen LogP contribution in [0.25, 0.3) is 0 Å². The Kier molecular flexibility index (Phi) is 9.11. The lowest BCUT2D eigenvalue weighted by atomic mass is 9.82. The number of nitrogens with one attached hydrogen (secondary N) is 3. The van der Waals surface area contributed by atoms with Gasteiger partial charge in [0.25, 0.3) is 0 Å². The van der Waals surface area contributed by atoms with Crippen LogP contribution in [0.5, 0.6) is 5.75 Å². The fourth-order valence-corrected chi connectivity index (χ4v) is 5.64. The Hall–Kier alpha value is -3.43. The number of nitrogens with zero attached hydrogens (tertiary/aromatic N) is 2. The number of rotatable bonds is 5. The van der Waals surface area contributed by atoms with Crippen molar-refractivity contribution in [1.82, 2.24) is 20.9 Å². The molecule has 0 saturated carbocycles. The number of hydrogen-bond acceptors (Lipinski definition) is 6. The van der Waals surface area contributed by atoms with Crippen molar-refractivity contribution in [2.45, 2.75) is 25.9 Å². The van der Waals surface area contributed by atoms with Gasteiger partial charge < -0.3 is 30.5 Å². The lowest BCUT2D eigenvalue weighted by Crippen LogP contribution is -2.47. The van der Waals surface area contributed by atoms with Gasteiger partial charge in [0.15, 0.2) is 0 Å². The van der Waals surface area contributed by atoms with Crippen molar-refractivity contribution in [3.63, 3.8) is 0 Å². The number of amides is 2. The number of piperazine rings is 1. The van der Waals surface area contributed by atoms with Crippen molar-refractivity contribution in [3.8, 4) is 5.75 Å². The van der Waals surface area contributed by atoms with Crippen LogP contribution in [0.4, 0.5) is 10.1 Å². The molecule has 0 spiro atoms. The molecular formula is C30H38FN5O3. The molecule has 2 aromatic rings. The van der Waals surface area contributed by atoms with Crippen molar-refractivity contribution in [3.05, 3.63) is 71.6 Å². The van der Waals surface area contributed by atoms with E-state index < -0.39 is 0 Å². The van der Waals surface area contributed by atoms with Crippen LogP contribution in [0.2, 0.25) is 0 Å². The van der Waals surface area contributed by atoms with Gasteiger partial charge in [-0.1, -0.05) is 24.3 Å². The Morgan fingerprint density at radius 2 is 1.92 bits per heavy atom. The monoisotopic (exact) mass is 535 g/mol. The van der Waals surface area contributed by atoms with Crippen LogP contribution in [-0.4, -0.2) is 69.1 Å². The van der Waals surface area contributed by atoms with Gasteiger partial charge in [0.2, 0.25) is 11.8 Å². The Morgan fingerprint density at radius 1 is 1.05 bits per heavy atom. The Labute approximate surface area is 229 Å². The van der Waals surface area contributed by atoms with E-state index in [1.54, 1.807) is 12.1 Å². The lowest BCUT2D eigenvalue weighted by Gasteiger charge is -2.37. The smallest absolute Gasteiger partial charge is 0.236 e. The number of anilines is 1. The Balaban J connectivity index is 1.23. The van der Waals surface area contributed by atoms with E-state index in [0.29, 0.717) is 39.2 Å². The van der Waals surface area contributed by atoms with Crippen LogP contribution >= 0.6 is 0 Å². The van der Waals surface area contributed by atoms with Gasteiger partial charge in [-0.15, -0.1) is 0 Å². The van der Waals surface area contributed by atoms with E-state index in [1.165, 1.54) is 17.8 Å². The van der Waals surface area contributed by atoms with E-state index in [4.69, 9.17) is 4.74 Å². The normalized spacial score (nSPS) is 22.9. The minimum absolute atomic E-state index is 0.0570.